The number of halogens is 1. The third-order valence-electron chi connectivity index (χ3n) is 4.59. The van der Waals surface area contributed by atoms with Crippen molar-refractivity contribution in [1.29, 1.82) is 0 Å². The predicted molar refractivity (Wildman–Crippen MR) is 97.8 cm³/mol. The molecule has 1 N–H and O–H groups in total. The molecule has 1 aliphatic rings. The second-order valence-electron chi connectivity index (χ2n) is 6.50. The van der Waals surface area contributed by atoms with Crippen LogP contribution in [-0.2, 0) is 0 Å². The van der Waals surface area contributed by atoms with Crippen LogP contribution in [0.4, 0.5) is 4.39 Å². The van der Waals surface area contributed by atoms with E-state index in [2.05, 4.69) is 15.2 Å². The zero-order chi connectivity index (χ0) is 18.6. The fraction of sp³-hybridized carbons (Fsp3) is 0.250. The van der Waals surface area contributed by atoms with Gasteiger partial charge >= 0.3 is 0 Å². The van der Waals surface area contributed by atoms with Gasteiger partial charge in [0.25, 0.3) is 5.91 Å². The standard InChI is InChI=1S/C20H19FN4O2/c21-16-7-5-14(6-8-16)15-11-18(22-12-15)20(26)25-10-2-3-17(13-25)27-19-4-1-9-23-24-19/h1,4-9,11-12,17,22H,2-3,10,13H2. The van der Waals surface area contributed by atoms with Crippen molar-refractivity contribution in [2.75, 3.05) is 13.1 Å². The summed E-state index contributed by atoms with van der Waals surface area (Å²) < 4.78 is 18.9. The number of nitrogens with one attached hydrogen (secondary N) is 1. The number of piperidine rings is 1. The SMILES string of the molecule is O=C(c1cc(-c2ccc(F)cc2)c[nH]1)N1CCCC(Oc2cccnn2)C1. The molecule has 1 aliphatic heterocycles. The lowest BCUT2D eigenvalue weighted by molar-refractivity contribution is 0.0521. The molecule has 138 valence electrons. The van der Waals surface area contributed by atoms with Crippen LogP contribution in [0.5, 0.6) is 5.88 Å². The summed E-state index contributed by atoms with van der Waals surface area (Å²) in [6.45, 7) is 1.18. The van der Waals surface area contributed by atoms with Gasteiger partial charge in [0.05, 0.1) is 6.54 Å². The lowest BCUT2D eigenvalue weighted by Crippen LogP contribution is -2.44. The molecule has 3 heterocycles. The van der Waals surface area contributed by atoms with Crippen molar-refractivity contribution >= 4 is 5.91 Å². The highest BCUT2D eigenvalue weighted by atomic mass is 19.1. The first-order chi connectivity index (χ1) is 13.2. The highest BCUT2D eigenvalue weighted by molar-refractivity contribution is 5.94. The molecule has 0 spiro atoms. The smallest absolute Gasteiger partial charge is 0.270 e. The first-order valence-electron chi connectivity index (χ1n) is 8.87. The van der Waals surface area contributed by atoms with E-state index >= 15 is 0 Å². The maximum Gasteiger partial charge on any atom is 0.270 e. The zero-order valence-corrected chi connectivity index (χ0v) is 14.6. The Balaban J connectivity index is 1.44. The van der Waals surface area contributed by atoms with E-state index in [0.29, 0.717) is 24.7 Å². The van der Waals surface area contributed by atoms with Gasteiger partial charge in [-0.05, 0) is 48.2 Å². The Morgan fingerprint density at radius 2 is 2.07 bits per heavy atom. The quantitative estimate of drug-likeness (QED) is 0.769. The first-order valence-corrected chi connectivity index (χ1v) is 8.87. The van der Waals surface area contributed by atoms with E-state index in [-0.39, 0.29) is 17.8 Å². The highest BCUT2D eigenvalue weighted by Gasteiger charge is 2.26. The molecule has 1 unspecified atom stereocenters. The van der Waals surface area contributed by atoms with Crippen molar-refractivity contribution < 1.29 is 13.9 Å². The molecule has 0 aliphatic carbocycles. The molecule has 2 aromatic heterocycles. The van der Waals surface area contributed by atoms with E-state index in [0.717, 1.165) is 24.0 Å². The number of hydrogen-bond acceptors (Lipinski definition) is 4. The van der Waals surface area contributed by atoms with Gasteiger partial charge in [0.1, 0.15) is 17.6 Å². The zero-order valence-electron chi connectivity index (χ0n) is 14.6. The van der Waals surface area contributed by atoms with Gasteiger partial charge in [-0.3, -0.25) is 4.79 Å². The van der Waals surface area contributed by atoms with Gasteiger partial charge in [-0.2, -0.15) is 5.10 Å². The van der Waals surface area contributed by atoms with Crippen LogP contribution in [0.1, 0.15) is 23.3 Å². The Labute approximate surface area is 156 Å². The molecule has 0 saturated carbocycles. The summed E-state index contributed by atoms with van der Waals surface area (Å²) in [6.07, 6.45) is 4.98. The largest absolute Gasteiger partial charge is 0.471 e. The Morgan fingerprint density at radius 1 is 1.22 bits per heavy atom. The summed E-state index contributed by atoms with van der Waals surface area (Å²) in [6, 6.07) is 11.5. The molecular formula is C20H19FN4O2. The summed E-state index contributed by atoms with van der Waals surface area (Å²) >= 11 is 0. The maximum absolute atomic E-state index is 13.1. The van der Waals surface area contributed by atoms with E-state index < -0.39 is 0 Å². The second-order valence-corrected chi connectivity index (χ2v) is 6.50. The molecular weight excluding hydrogens is 347 g/mol. The predicted octanol–water partition coefficient (Wildman–Crippen LogP) is 3.29. The minimum atomic E-state index is -0.284. The van der Waals surface area contributed by atoms with Gasteiger partial charge in [-0.25, -0.2) is 4.39 Å². The Bertz CT molecular complexity index is 911. The lowest BCUT2D eigenvalue weighted by atomic mass is 10.1. The number of carbonyl (C=O) groups is 1. The lowest BCUT2D eigenvalue weighted by Gasteiger charge is -2.32. The number of carbonyl (C=O) groups excluding carboxylic acids is 1. The van der Waals surface area contributed by atoms with E-state index in [9.17, 15) is 9.18 Å². The van der Waals surface area contributed by atoms with Crippen molar-refractivity contribution in [3.63, 3.8) is 0 Å². The molecule has 4 rings (SSSR count). The van der Waals surface area contributed by atoms with Crippen molar-refractivity contribution in [2.45, 2.75) is 18.9 Å². The number of amides is 1. The third-order valence-corrected chi connectivity index (χ3v) is 4.59. The fourth-order valence-electron chi connectivity index (χ4n) is 3.24. The van der Waals surface area contributed by atoms with E-state index in [1.165, 1.54) is 12.1 Å². The topological polar surface area (TPSA) is 71.1 Å². The molecule has 1 amide bonds. The fourth-order valence-corrected chi connectivity index (χ4v) is 3.24. The molecule has 1 fully saturated rings. The van der Waals surface area contributed by atoms with Gasteiger partial charge in [-0.1, -0.05) is 12.1 Å². The molecule has 1 aromatic carbocycles. The molecule has 7 heteroatoms. The number of aromatic amines is 1. The number of benzene rings is 1. The van der Waals surface area contributed by atoms with Crippen LogP contribution in [-0.4, -0.2) is 45.2 Å². The number of hydrogen-bond donors (Lipinski definition) is 1. The van der Waals surface area contributed by atoms with Crippen LogP contribution >= 0.6 is 0 Å². The molecule has 0 bridgehead atoms. The van der Waals surface area contributed by atoms with E-state index in [1.54, 1.807) is 47.6 Å². The summed E-state index contributed by atoms with van der Waals surface area (Å²) in [7, 11) is 0. The Morgan fingerprint density at radius 3 is 2.85 bits per heavy atom. The van der Waals surface area contributed by atoms with Gasteiger partial charge in [-0.15, -0.1) is 5.10 Å². The van der Waals surface area contributed by atoms with Crippen molar-refractivity contribution in [1.82, 2.24) is 20.1 Å². The summed E-state index contributed by atoms with van der Waals surface area (Å²) in [4.78, 5) is 17.7. The number of aromatic nitrogens is 3. The van der Waals surface area contributed by atoms with Crippen molar-refractivity contribution in [3.8, 4) is 17.0 Å². The minimum absolute atomic E-state index is 0.0733. The average Bonchev–Trinajstić information content (AvgIpc) is 3.19. The number of likely N-dealkylation sites (tertiary alicyclic amines) is 1. The minimum Gasteiger partial charge on any atom is -0.471 e. The molecule has 1 atom stereocenters. The van der Waals surface area contributed by atoms with Crippen LogP contribution in [0.15, 0.2) is 54.9 Å². The van der Waals surface area contributed by atoms with Gasteiger partial charge in [0.15, 0.2) is 0 Å². The molecule has 27 heavy (non-hydrogen) atoms. The number of nitrogens with zero attached hydrogens (tertiary/aromatic N) is 3. The van der Waals surface area contributed by atoms with Gasteiger partial charge < -0.3 is 14.6 Å². The van der Waals surface area contributed by atoms with Crippen LogP contribution in [0.25, 0.3) is 11.1 Å². The van der Waals surface area contributed by atoms with Crippen LogP contribution in [0, 0.1) is 5.82 Å². The Hall–Kier alpha value is -3.22. The summed E-state index contributed by atoms with van der Waals surface area (Å²) in [5.41, 5.74) is 2.21. The second kappa shape index (κ2) is 7.57. The summed E-state index contributed by atoms with van der Waals surface area (Å²) in [5, 5.41) is 7.74. The first kappa shape index (κ1) is 17.2. The molecule has 1 saturated heterocycles. The van der Waals surface area contributed by atoms with Crippen molar-refractivity contribution in [3.05, 3.63) is 66.4 Å². The van der Waals surface area contributed by atoms with Crippen molar-refractivity contribution in [2.24, 2.45) is 0 Å². The van der Waals surface area contributed by atoms with Crippen LogP contribution < -0.4 is 4.74 Å². The molecule has 0 radical (unpaired) electrons. The number of ether oxygens (including phenoxy) is 1. The number of H-pyrrole nitrogens is 1. The molecule has 6 nitrogen and oxygen atoms in total. The number of rotatable bonds is 4. The normalized spacial score (nSPS) is 16.9. The van der Waals surface area contributed by atoms with E-state index in [4.69, 9.17) is 4.74 Å². The maximum atomic E-state index is 13.1. The van der Waals surface area contributed by atoms with Gasteiger partial charge in [0, 0.05) is 25.0 Å². The summed E-state index contributed by atoms with van der Waals surface area (Å²) in [5.74, 6) is 0.110. The average molecular weight is 366 g/mol. The monoisotopic (exact) mass is 366 g/mol. The highest BCUT2D eigenvalue weighted by Crippen LogP contribution is 2.23. The Kier molecular flexibility index (Phi) is 4.82. The van der Waals surface area contributed by atoms with E-state index in [1.807, 2.05) is 0 Å². The van der Waals surface area contributed by atoms with Crippen LogP contribution in [0.2, 0.25) is 0 Å². The van der Waals surface area contributed by atoms with Crippen LogP contribution in [0.3, 0.4) is 0 Å². The molecule has 3 aromatic rings. The van der Waals surface area contributed by atoms with Gasteiger partial charge in [0.2, 0.25) is 5.88 Å². The third kappa shape index (κ3) is 3.97.